The largest absolute Gasteiger partial charge is 0.206 e. The van der Waals surface area contributed by atoms with Crippen LogP contribution in [0.1, 0.15) is 0 Å². The van der Waals surface area contributed by atoms with E-state index in [-0.39, 0.29) is 5.82 Å². The van der Waals surface area contributed by atoms with Gasteiger partial charge in [-0.25, -0.2) is 4.39 Å². The highest BCUT2D eigenvalue weighted by Gasteiger charge is 2.05. The number of rotatable bonds is 1. The van der Waals surface area contributed by atoms with Crippen LogP contribution in [0.15, 0.2) is 53.0 Å². The Labute approximate surface area is 90.5 Å². The number of halogens is 2. The van der Waals surface area contributed by atoms with Crippen molar-refractivity contribution >= 4 is 15.9 Å². The standard InChI is InChI=1S/C12H8BrF/c13-12-10(7-4-8-11(12)14)9-5-2-1-3-6-9/h1-8H. The molecule has 70 valence electrons. The molecule has 0 nitrogen and oxygen atoms in total. The molecule has 0 N–H and O–H groups in total. The average Bonchev–Trinajstić information content (AvgIpc) is 2.23. The molecule has 0 aliphatic rings. The van der Waals surface area contributed by atoms with Gasteiger partial charge in [-0.1, -0.05) is 42.5 Å². The minimum Gasteiger partial charge on any atom is -0.206 e. The Morgan fingerprint density at radius 3 is 2.29 bits per heavy atom. The fraction of sp³-hybridized carbons (Fsp3) is 0. The molecule has 0 aliphatic heterocycles. The molecule has 0 fully saturated rings. The lowest BCUT2D eigenvalue weighted by Crippen LogP contribution is -1.82. The molecule has 0 saturated heterocycles. The van der Waals surface area contributed by atoms with Gasteiger partial charge in [0.2, 0.25) is 0 Å². The topological polar surface area (TPSA) is 0 Å². The summed E-state index contributed by atoms with van der Waals surface area (Å²) in [5, 5.41) is 0. The van der Waals surface area contributed by atoms with Crippen LogP contribution in [0.3, 0.4) is 0 Å². The van der Waals surface area contributed by atoms with Crippen molar-refractivity contribution < 1.29 is 4.39 Å². The maximum Gasteiger partial charge on any atom is 0.138 e. The molecule has 14 heavy (non-hydrogen) atoms. The third-order valence-corrected chi connectivity index (χ3v) is 2.84. The fourth-order valence-corrected chi connectivity index (χ4v) is 1.84. The van der Waals surface area contributed by atoms with E-state index in [9.17, 15) is 4.39 Å². The van der Waals surface area contributed by atoms with E-state index in [0.29, 0.717) is 4.47 Å². The van der Waals surface area contributed by atoms with Gasteiger partial charge in [-0.15, -0.1) is 0 Å². The van der Waals surface area contributed by atoms with Crippen LogP contribution in [0.25, 0.3) is 11.1 Å². The van der Waals surface area contributed by atoms with Crippen LogP contribution in [0.5, 0.6) is 0 Å². The van der Waals surface area contributed by atoms with Crippen molar-refractivity contribution in [3.05, 3.63) is 58.8 Å². The number of hydrogen-bond acceptors (Lipinski definition) is 0. The quantitative estimate of drug-likeness (QED) is 0.710. The predicted octanol–water partition coefficient (Wildman–Crippen LogP) is 4.26. The summed E-state index contributed by atoms with van der Waals surface area (Å²) in [4.78, 5) is 0. The monoisotopic (exact) mass is 250 g/mol. The lowest BCUT2D eigenvalue weighted by atomic mass is 10.1. The normalized spacial score (nSPS) is 10.1. The molecule has 0 aromatic heterocycles. The molecule has 2 aromatic carbocycles. The molecule has 0 bridgehead atoms. The van der Waals surface area contributed by atoms with Gasteiger partial charge in [0.25, 0.3) is 0 Å². The van der Waals surface area contributed by atoms with Crippen molar-refractivity contribution in [3.63, 3.8) is 0 Å². The van der Waals surface area contributed by atoms with Crippen molar-refractivity contribution in [2.24, 2.45) is 0 Å². The highest BCUT2D eigenvalue weighted by molar-refractivity contribution is 9.10. The Hall–Kier alpha value is -1.15. The van der Waals surface area contributed by atoms with Gasteiger partial charge in [0, 0.05) is 0 Å². The van der Waals surface area contributed by atoms with Crippen LogP contribution in [0.2, 0.25) is 0 Å². The molecule has 2 aromatic rings. The Bertz CT molecular complexity index is 437. The molecule has 2 rings (SSSR count). The van der Waals surface area contributed by atoms with E-state index in [4.69, 9.17) is 0 Å². The van der Waals surface area contributed by atoms with E-state index in [2.05, 4.69) is 15.9 Å². The molecule has 2 heteroatoms. The van der Waals surface area contributed by atoms with Crippen molar-refractivity contribution in [3.8, 4) is 11.1 Å². The van der Waals surface area contributed by atoms with Gasteiger partial charge in [0.05, 0.1) is 4.47 Å². The summed E-state index contributed by atoms with van der Waals surface area (Å²) in [6, 6.07) is 14.8. The maximum absolute atomic E-state index is 13.2. The predicted molar refractivity (Wildman–Crippen MR) is 59.5 cm³/mol. The first-order chi connectivity index (χ1) is 6.79. The van der Waals surface area contributed by atoms with Crippen molar-refractivity contribution in [2.75, 3.05) is 0 Å². The van der Waals surface area contributed by atoms with Crippen LogP contribution >= 0.6 is 15.9 Å². The van der Waals surface area contributed by atoms with E-state index in [1.165, 1.54) is 6.07 Å². The van der Waals surface area contributed by atoms with Crippen LogP contribution < -0.4 is 0 Å². The Morgan fingerprint density at radius 2 is 1.57 bits per heavy atom. The molecular weight excluding hydrogens is 243 g/mol. The van der Waals surface area contributed by atoms with Gasteiger partial charge < -0.3 is 0 Å². The number of hydrogen-bond donors (Lipinski definition) is 0. The van der Waals surface area contributed by atoms with Crippen molar-refractivity contribution in [1.29, 1.82) is 0 Å². The van der Waals surface area contributed by atoms with Gasteiger partial charge in [0.1, 0.15) is 5.82 Å². The molecular formula is C12H8BrF. The van der Waals surface area contributed by atoms with E-state index in [1.54, 1.807) is 6.07 Å². The highest BCUT2D eigenvalue weighted by Crippen LogP contribution is 2.29. The molecule has 0 saturated carbocycles. The van der Waals surface area contributed by atoms with E-state index in [1.807, 2.05) is 36.4 Å². The minimum absolute atomic E-state index is 0.230. The van der Waals surface area contributed by atoms with Crippen LogP contribution in [0.4, 0.5) is 4.39 Å². The van der Waals surface area contributed by atoms with E-state index >= 15 is 0 Å². The van der Waals surface area contributed by atoms with E-state index in [0.717, 1.165) is 11.1 Å². The van der Waals surface area contributed by atoms with Crippen molar-refractivity contribution in [1.82, 2.24) is 0 Å². The van der Waals surface area contributed by atoms with Crippen molar-refractivity contribution in [2.45, 2.75) is 0 Å². The maximum atomic E-state index is 13.2. The second kappa shape index (κ2) is 3.93. The second-order valence-electron chi connectivity index (χ2n) is 2.97. The smallest absolute Gasteiger partial charge is 0.138 e. The molecule has 0 amide bonds. The van der Waals surface area contributed by atoms with Crippen LogP contribution in [0, 0.1) is 5.82 Å². The van der Waals surface area contributed by atoms with Crippen LogP contribution in [-0.4, -0.2) is 0 Å². The average molecular weight is 251 g/mol. The summed E-state index contributed by atoms with van der Waals surface area (Å²) in [6.45, 7) is 0. The molecule has 0 atom stereocenters. The van der Waals surface area contributed by atoms with Gasteiger partial charge in [-0.3, -0.25) is 0 Å². The Kier molecular flexibility index (Phi) is 2.64. The molecule has 0 heterocycles. The number of benzene rings is 2. The first-order valence-corrected chi connectivity index (χ1v) is 5.08. The van der Waals surface area contributed by atoms with Gasteiger partial charge >= 0.3 is 0 Å². The first-order valence-electron chi connectivity index (χ1n) is 4.28. The summed E-state index contributed by atoms with van der Waals surface area (Å²) in [7, 11) is 0. The van der Waals surface area contributed by atoms with Gasteiger partial charge in [-0.2, -0.15) is 0 Å². The zero-order chi connectivity index (χ0) is 9.97. The molecule has 0 spiro atoms. The zero-order valence-corrected chi connectivity index (χ0v) is 8.96. The summed E-state index contributed by atoms with van der Waals surface area (Å²) in [5.74, 6) is -0.230. The summed E-state index contributed by atoms with van der Waals surface area (Å²) in [6.07, 6.45) is 0. The van der Waals surface area contributed by atoms with E-state index < -0.39 is 0 Å². The first kappa shape index (κ1) is 9.41. The summed E-state index contributed by atoms with van der Waals surface area (Å²) >= 11 is 3.24. The van der Waals surface area contributed by atoms with Crippen LogP contribution in [-0.2, 0) is 0 Å². The van der Waals surface area contributed by atoms with Gasteiger partial charge in [-0.05, 0) is 33.1 Å². The SMILES string of the molecule is Fc1cccc(-c2ccccc2)c1Br. The summed E-state index contributed by atoms with van der Waals surface area (Å²) in [5.41, 5.74) is 1.89. The summed E-state index contributed by atoms with van der Waals surface area (Å²) < 4.78 is 13.7. The third kappa shape index (κ3) is 1.70. The lowest BCUT2D eigenvalue weighted by molar-refractivity contribution is 0.622. The second-order valence-corrected chi connectivity index (χ2v) is 3.76. The lowest BCUT2D eigenvalue weighted by Gasteiger charge is -2.04. The third-order valence-electron chi connectivity index (χ3n) is 2.04. The van der Waals surface area contributed by atoms with Gasteiger partial charge in [0.15, 0.2) is 0 Å². The Morgan fingerprint density at radius 1 is 0.857 bits per heavy atom. The fourth-order valence-electron chi connectivity index (χ4n) is 1.34. The molecule has 0 unspecified atom stereocenters. The minimum atomic E-state index is -0.230. The molecule has 0 aliphatic carbocycles. The molecule has 0 radical (unpaired) electrons. The zero-order valence-electron chi connectivity index (χ0n) is 7.37. The Balaban J connectivity index is 2.58. The highest BCUT2D eigenvalue weighted by atomic mass is 79.9.